The second kappa shape index (κ2) is 6.73. The van der Waals surface area contributed by atoms with Crippen LogP contribution in [0.15, 0.2) is 45.9 Å². The minimum atomic E-state index is -0.197. The smallest absolute Gasteiger partial charge is 0.267 e. The molecule has 19 heavy (non-hydrogen) atoms. The number of aromatic amines is 1. The number of benzene rings is 1. The van der Waals surface area contributed by atoms with Crippen LogP contribution < -0.4 is 10.5 Å². The number of alkyl halides is 1. The number of halogens is 2. The molecule has 0 aliphatic carbocycles. The summed E-state index contributed by atoms with van der Waals surface area (Å²) in [4.78, 5) is 20.3. The Bertz CT molecular complexity index is 588. The Labute approximate surface area is 124 Å². The van der Waals surface area contributed by atoms with Gasteiger partial charge in [0, 0.05) is 19.0 Å². The van der Waals surface area contributed by atoms with Crippen molar-refractivity contribution < 1.29 is 0 Å². The van der Waals surface area contributed by atoms with E-state index >= 15 is 0 Å². The average Bonchev–Trinajstić information content (AvgIpc) is 2.43. The van der Waals surface area contributed by atoms with Gasteiger partial charge in [0.15, 0.2) is 5.82 Å². The lowest BCUT2D eigenvalue weighted by molar-refractivity contribution is 0.807. The molecule has 100 valence electrons. The maximum atomic E-state index is 11.6. The molecule has 0 atom stereocenters. The van der Waals surface area contributed by atoms with Crippen molar-refractivity contribution in [3.05, 3.63) is 57.0 Å². The highest BCUT2D eigenvalue weighted by Gasteiger charge is 2.14. The van der Waals surface area contributed by atoms with E-state index in [1.807, 2.05) is 35.2 Å². The van der Waals surface area contributed by atoms with Crippen LogP contribution in [0.25, 0.3) is 0 Å². The summed E-state index contributed by atoms with van der Waals surface area (Å²) in [5.74, 6) is 1.07. The maximum absolute atomic E-state index is 11.6. The van der Waals surface area contributed by atoms with Gasteiger partial charge in [-0.25, -0.2) is 4.98 Å². The number of hydrogen-bond acceptors (Lipinski definition) is 3. The van der Waals surface area contributed by atoms with Crippen molar-refractivity contribution in [2.24, 2.45) is 0 Å². The third kappa shape index (κ3) is 3.58. The van der Waals surface area contributed by atoms with Gasteiger partial charge in [-0.2, -0.15) is 0 Å². The van der Waals surface area contributed by atoms with Gasteiger partial charge < -0.3 is 9.88 Å². The molecule has 1 aromatic carbocycles. The van der Waals surface area contributed by atoms with Gasteiger partial charge in [0.05, 0.1) is 6.33 Å². The highest BCUT2D eigenvalue weighted by molar-refractivity contribution is 9.10. The van der Waals surface area contributed by atoms with Crippen molar-refractivity contribution in [3.8, 4) is 0 Å². The molecule has 0 unspecified atom stereocenters. The van der Waals surface area contributed by atoms with Crippen molar-refractivity contribution >= 4 is 33.3 Å². The topological polar surface area (TPSA) is 49.0 Å². The van der Waals surface area contributed by atoms with Crippen LogP contribution in [0.1, 0.15) is 5.56 Å². The van der Waals surface area contributed by atoms with Crippen molar-refractivity contribution in [3.63, 3.8) is 0 Å². The summed E-state index contributed by atoms with van der Waals surface area (Å²) in [6, 6.07) is 9.99. The molecule has 2 rings (SSSR count). The van der Waals surface area contributed by atoms with E-state index in [9.17, 15) is 4.79 Å². The van der Waals surface area contributed by atoms with Gasteiger partial charge in [-0.15, -0.1) is 11.6 Å². The Hall–Kier alpha value is -1.33. The monoisotopic (exact) mass is 341 g/mol. The molecule has 1 N–H and O–H groups in total. The third-order valence-corrected chi connectivity index (χ3v) is 3.53. The van der Waals surface area contributed by atoms with Gasteiger partial charge in [-0.3, -0.25) is 4.79 Å². The van der Waals surface area contributed by atoms with Crippen LogP contribution in [-0.4, -0.2) is 22.4 Å². The normalized spacial score (nSPS) is 10.4. The third-order valence-electron chi connectivity index (χ3n) is 2.65. The van der Waals surface area contributed by atoms with Crippen LogP contribution >= 0.6 is 27.5 Å². The van der Waals surface area contributed by atoms with Crippen molar-refractivity contribution in [2.75, 3.05) is 17.3 Å². The van der Waals surface area contributed by atoms with Gasteiger partial charge in [0.2, 0.25) is 0 Å². The van der Waals surface area contributed by atoms with Crippen molar-refractivity contribution in [1.82, 2.24) is 9.97 Å². The van der Waals surface area contributed by atoms with Crippen molar-refractivity contribution in [1.29, 1.82) is 0 Å². The summed E-state index contributed by atoms with van der Waals surface area (Å²) >= 11 is 9.11. The number of H-pyrrole nitrogens is 1. The zero-order valence-electron chi connectivity index (χ0n) is 10.1. The van der Waals surface area contributed by atoms with E-state index in [0.29, 0.717) is 29.3 Å². The molecule has 0 aliphatic rings. The lowest BCUT2D eigenvalue weighted by atomic mass is 10.2. The highest BCUT2D eigenvalue weighted by Crippen LogP contribution is 2.21. The van der Waals surface area contributed by atoms with Gasteiger partial charge in [0.1, 0.15) is 4.47 Å². The van der Waals surface area contributed by atoms with E-state index in [0.717, 1.165) is 5.56 Å². The molecule has 1 aromatic heterocycles. The van der Waals surface area contributed by atoms with E-state index in [1.54, 1.807) is 0 Å². The number of rotatable bonds is 5. The molecule has 0 fully saturated rings. The average molecular weight is 343 g/mol. The second-order valence-corrected chi connectivity index (χ2v) is 5.14. The summed E-state index contributed by atoms with van der Waals surface area (Å²) in [7, 11) is 0. The Morgan fingerprint density at radius 1 is 1.32 bits per heavy atom. The molecule has 0 saturated heterocycles. The fourth-order valence-electron chi connectivity index (χ4n) is 1.76. The zero-order chi connectivity index (χ0) is 13.7. The second-order valence-electron chi connectivity index (χ2n) is 3.97. The Kier molecular flexibility index (Phi) is 4.99. The summed E-state index contributed by atoms with van der Waals surface area (Å²) in [6.07, 6.45) is 1.40. The van der Waals surface area contributed by atoms with Crippen LogP contribution in [0.4, 0.5) is 5.82 Å². The number of anilines is 1. The lowest BCUT2D eigenvalue weighted by Gasteiger charge is -2.23. The first-order valence-corrected chi connectivity index (χ1v) is 7.13. The molecular formula is C13H13BrClN3O. The number of hydrogen-bond donors (Lipinski definition) is 1. The molecular weight excluding hydrogens is 330 g/mol. The van der Waals surface area contributed by atoms with E-state index in [4.69, 9.17) is 11.6 Å². The van der Waals surface area contributed by atoms with Crippen LogP contribution in [-0.2, 0) is 6.54 Å². The minimum absolute atomic E-state index is 0.197. The lowest BCUT2D eigenvalue weighted by Crippen LogP contribution is -2.28. The minimum Gasteiger partial charge on any atom is -0.350 e. The van der Waals surface area contributed by atoms with Gasteiger partial charge in [0.25, 0.3) is 5.56 Å². The largest absolute Gasteiger partial charge is 0.350 e. The summed E-state index contributed by atoms with van der Waals surface area (Å²) in [5.41, 5.74) is 0.944. The molecule has 6 heteroatoms. The summed E-state index contributed by atoms with van der Waals surface area (Å²) < 4.78 is 0.427. The summed E-state index contributed by atoms with van der Waals surface area (Å²) in [6.45, 7) is 1.27. The molecule has 1 heterocycles. The molecule has 0 saturated carbocycles. The van der Waals surface area contributed by atoms with Crippen LogP contribution in [0.2, 0.25) is 0 Å². The molecule has 2 aromatic rings. The van der Waals surface area contributed by atoms with E-state index in [2.05, 4.69) is 25.9 Å². The van der Waals surface area contributed by atoms with Gasteiger partial charge >= 0.3 is 0 Å². The Morgan fingerprint density at radius 3 is 2.74 bits per heavy atom. The quantitative estimate of drug-likeness (QED) is 0.850. The molecule has 0 aliphatic heterocycles. The molecule has 0 spiro atoms. The van der Waals surface area contributed by atoms with E-state index < -0.39 is 0 Å². The number of nitrogens with zero attached hydrogens (tertiary/aromatic N) is 2. The van der Waals surface area contributed by atoms with Crippen LogP contribution in [0, 0.1) is 0 Å². The first-order chi connectivity index (χ1) is 9.22. The fourth-order valence-corrected chi connectivity index (χ4v) is 2.43. The van der Waals surface area contributed by atoms with Crippen LogP contribution in [0.3, 0.4) is 0 Å². The standard InChI is InChI=1S/C13H13BrClN3O/c14-11-12(16-9-17-13(11)19)18(7-6-15)8-10-4-2-1-3-5-10/h1-5,9H,6-8H2,(H,16,17,19). The molecule has 0 bridgehead atoms. The first-order valence-electron chi connectivity index (χ1n) is 5.80. The molecule has 4 nitrogen and oxygen atoms in total. The van der Waals surface area contributed by atoms with E-state index in [-0.39, 0.29) is 5.56 Å². The molecule has 0 amide bonds. The summed E-state index contributed by atoms with van der Waals surface area (Å²) in [5, 5.41) is 0. The van der Waals surface area contributed by atoms with Gasteiger partial charge in [-0.1, -0.05) is 30.3 Å². The highest BCUT2D eigenvalue weighted by atomic mass is 79.9. The number of aromatic nitrogens is 2. The van der Waals surface area contributed by atoms with E-state index in [1.165, 1.54) is 6.33 Å². The Balaban J connectivity index is 2.30. The predicted molar refractivity (Wildman–Crippen MR) is 80.8 cm³/mol. The van der Waals surface area contributed by atoms with Crippen molar-refractivity contribution in [2.45, 2.75) is 6.54 Å². The SMILES string of the molecule is O=c1[nH]cnc(N(CCCl)Cc2ccccc2)c1Br. The predicted octanol–water partition coefficient (Wildman–Crippen LogP) is 2.78. The first kappa shape index (κ1) is 14.1. The Morgan fingerprint density at radius 2 is 2.05 bits per heavy atom. The molecule has 0 radical (unpaired) electrons. The zero-order valence-corrected chi connectivity index (χ0v) is 12.5. The van der Waals surface area contributed by atoms with Gasteiger partial charge in [-0.05, 0) is 21.5 Å². The number of nitrogens with one attached hydrogen (secondary N) is 1. The van der Waals surface area contributed by atoms with Crippen LogP contribution in [0.5, 0.6) is 0 Å². The maximum Gasteiger partial charge on any atom is 0.267 e. The fraction of sp³-hybridized carbons (Fsp3) is 0.231.